The molecule has 1 unspecified atom stereocenters. The average Bonchev–Trinajstić information content (AvgIpc) is 3.37. The number of carbonyl (C=O) groups is 1. The van der Waals surface area contributed by atoms with Gasteiger partial charge >= 0.3 is 0 Å². The first-order chi connectivity index (χ1) is 11.2. The summed E-state index contributed by atoms with van der Waals surface area (Å²) in [5, 5.41) is 3.21. The van der Waals surface area contributed by atoms with E-state index in [2.05, 4.69) is 45.0 Å². The molecule has 4 rings (SSSR count). The van der Waals surface area contributed by atoms with Gasteiger partial charge in [-0.25, -0.2) is 4.98 Å². The van der Waals surface area contributed by atoms with Crippen molar-refractivity contribution in [2.75, 3.05) is 0 Å². The highest BCUT2D eigenvalue weighted by atomic mass is 127. The second kappa shape index (κ2) is 5.96. The molecule has 23 heavy (non-hydrogen) atoms. The molecule has 1 aliphatic carbocycles. The average molecular weight is 417 g/mol. The van der Waals surface area contributed by atoms with Gasteiger partial charge in [0.2, 0.25) is 0 Å². The number of aromatic nitrogens is 2. The van der Waals surface area contributed by atoms with Gasteiger partial charge in [-0.15, -0.1) is 0 Å². The van der Waals surface area contributed by atoms with E-state index in [0.717, 1.165) is 9.35 Å². The Morgan fingerprint density at radius 1 is 1.22 bits per heavy atom. The maximum Gasteiger partial charge on any atom is 0.253 e. The third kappa shape index (κ3) is 2.97. The van der Waals surface area contributed by atoms with Crippen LogP contribution in [0.5, 0.6) is 0 Å². The summed E-state index contributed by atoms with van der Waals surface area (Å²) in [6, 6.07) is 14.0. The number of hydrogen-bond donors (Lipinski definition) is 1. The molecule has 0 bridgehead atoms. The Morgan fingerprint density at radius 2 is 2.00 bits per heavy atom. The zero-order valence-corrected chi connectivity index (χ0v) is 14.6. The van der Waals surface area contributed by atoms with Crippen molar-refractivity contribution in [2.24, 2.45) is 5.92 Å². The molecule has 0 saturated heterocycles. The monoisotopic (exact) mass is 417 g/mol. The van der Waals surface area contributed by atoms with Gasteiger partial charge in [-0.3, -0.25) is 9.20 Å². The van der Waals surface area contributed by atoms with E-state index in [0.29, 0.717) is 11.5 Å². The zero-order valence-electron chi connectivity index (χ0n) is 12.4. The molecule has 1 atom stereocenters. The fourth-order valence-corrected chi connectivity index (χ4v) is 3.40. The molecule has 116 valence electrons. The molecule has 1 saturated carbocycles. The van der Waals surface area contributed by atoms with Gasteiger partial charge in [-0.1, -0.05) is 30.3 Å². The minimum absolute atomic E-state index is 0.0304. The van der Waals surface area contributed by atoms with Crippen LogP contribution in [0.15, 0.2) is 54.9 Å². The summed E-state index contributed by atoms with van der Waals surface area (Å²) in [6.07, 6.45) is 6.01. The van der Waals surface area contributed by atoms with Crippen molar-refractivity contribution >= 4 is 34.1 Å². The highest BCUT2D eigenvalue weighted by Crippen LogP contribution is 2.41. The van der Waals surface area contributed by atoms with E-state index in [1.165, 1.54) is 18.4 Å². The summed E-state index contributed by atoms with van der Waals surface area (Å²) in [5.41, 5.74) is 2.70. The predicted octanol–water partition coefficient (Wildman–Crippen LogP) is 3.82. The maximum absolute atomic E-state index is 12.7. The first-order valence-corrected chi connectivity index (χ1v) is 8.78. The molecule has 1 amide bonds. The van der Waals surface area contributed by atoms with Crippen LogP contribution in [0, 0.1) is 9.62 Å². The summed E-state index contributed by atoms with van der Waals surface area (Å²) in [6.45, 7) is 0. The third-order valence-electron chi connectivity index (χ3n) is 4.26. The van der Waals surface area contributed by atoms with Crippen LogP contribution >= 0.6 is 22.6 Å². The van der Waals surface area contributed by atoms with Gasteiger partial charge < -0.3 is 5.32 Å². The summed E-state index contributed by atoms with van der Waals surface area (Å²) < 4.78 is 2.93. The highest BCUT2D eigenvalue weighted by Gasteiger charge is 2.33. The smallest absolute Gasteiger partial charge is 0.253 e. The van der Waals surface area contributed by atoms with Gasteiger partial charge in [0.15, 0.2) is 0 Å². The maximum atomic E-state index is 12.7. The minimum atomic E-state index is -0.0304. The molecule has 2 aromatic heterocycles. The lowest BCUT2D eigenvalue weighted by atomic mass is 10.0. The molecule has 2 heterocycles. The van der Waals surface area contributed by atoms with E-state index >= 15 is 0 Å². The zero-order chi connectivity index (χ0) is 15.8. The summed E-state index contributed by atoms with van der Waals surface area (Å²) >= 11 is 2.22. The van der Waals surface area contributed by atoms with Crippen molar-refractivity contribution in [3.63, 3.8) is 0 Å². The number of fused-ring (bicyclic) bond motifs is 1. The van der Waals surface area contributed by atoms with Crippen LogP contribution in [0.25, 0.3) is 5.65 Å². The molecule has 1 aromatic carbocycles. The fourth-order valence-electron chi connectivity index (χ4n) is 2.87. The molecule has 5 heteroatoms. The second-order valence-electron chi connectivity index (χ2n) is 5.93. The molecule has 4 nitrogen and oxygen atoms in total. The second-order valence-corrected chi connectivity index (χ2v) is 7.03. The SMILES string of the molecule is O=C(NC(c1ccccc1)C1CC1)c1ccc2ncc(I)n2c1. The minimum Gasteiger partial charge on any atom is -0.345 e. The molecule has 3 aromatic rings. The van der Waals surface area contributed by atoms with E-state index < -0.39 is 0 Å². The van der Waals surface area contributed by atoms with Crippen LogP contribution in [0.3, 0.4) is 0 Å². The predicted molar refractivity (Wildman–Crippen MR) is 97.3 cm³/mol. The first-order valence-electron chi connectivity index (χ1n) is 7.71. The Bertz CT molecular complexity index is 855. The molecule has 1 aliphatic rings. The van der Waals surface area contributed by atoms with Crippen molar-refractivity contribution in [1.82, 2.24) is 14.7 Å². The number of halogens is 1. The number of rotatable bonds is 4. The lowest BCUT2D eigenvalue weighted by molar-refractivity contribution is 0.0931. The van der Waals surface area contributed by atoms with Gasteiger partial charge in [0, 0.05) is 6.20 Å². The molecule has 0 aliphatic heterocycles. The van der Waals surface area contributed by atoms with Crippen LogP contribution < -0.4 is 5.32 Å². The molecule has 1 fully saturated rings. The Labute approximate surface area is 148 Å². The molecule has 0 spiro atoms. The topological polar surface area (TPSA) is 46.4 Å². The highest BCUT2D eigenvalue weighted by molar-refractivity contribution is 14.1. The standard InChI is InChI=1S/C18H16IN3O/c19-15-10-20-16-9-8-14(11-22(15)16)18(23)21-17(13-6-7-13)12-4-2-1-3-5-12/h1-5,8-11,13,17H,6-7H2,(H,21,23). The van der Waals surface area contributed by atoms with Gasteiger partial charge in [0.25, 0.3) is 5.91 Å². The van der Waals surface area contributed by atoms with E-state index in [9.17, 15) is 4.79 Å². The lowest BCUT2D eigenvalue weighted by Crippen LogP contribution is -2.30. The Kier molecular flexibility index (Phi) is 3.80. The summed E-state index contributed by atoms with van der Waals surface area (Å²) in [5.74, 6) is 0.524. The number of nitrogens with one attached hydrogen (secondary N) is 1. The number of carbonyl (C=O) groups excluding carboxylic acids is 1. The van der Waals surface area contributed by atoms with Crippen molar-refractivity contribution in [2.45, 2.75) is 18.9 Å². The molecule has 0 radical (unpaired) electrons. The Hall–Kier alpha value is -1.89. The van der Waals surface area contributed by atoms with Crippen molar-refractivity contribution in [3.8, 4) is 0 Å². The summed E-state index contributed by atoms with van der Waals surface area (Å²) in [4.78, 5) is 17.0. The van der Waals surface area contributed by atoms with Crippen molar-refractivity contribution in [1.29, 1.82) is 0 Å². The van der Waals surface area contributed by atoms with Gasteiger partial charge in [-0.05, 0) is 59.0 Å². The van der Waals surface area contributed by atoms with Gasteiger partial charge in [0.05, 0.1) is 17.8 Å². The van der Waals surface area contributed by atoms with Crippen LogP contribution in [-0.2, 0) is 0 Å². The first kappa shape index (κ1) is 14.7. The quantitative estimate of drug-likeness (QED) is 0.657. The van der Waals surface area contributed by atoms with Crippen LogP contribution in [0.4, 0.5) is 0 Å². The number of nitrogens with zero attached hydrogens (tertiary/aromatic N) is 2. The largest absolute Gasteiger partial charge is 0.345 e. The van der Waals surface area contributed by atoms with Crippen molar-refractivity contribution < 1.29 is 4.79 Å². The van der Waals surface area contributed by atoms with E-state index in [1.54, 1.807) is 6.20 Å². The van der Waals surface area contributed by atoms with Crippen molar-refractivity contribution in [3.05, 3.63) is 69.7 Å². The number of amides is 1. The summed E-state index contributed by atoms with van der Waals surface area (Å²) in [7, 11) is 0. The van der Waals surface area contributed by atoms with Crippen LogP contribution in [0.1, 0.15) is 34.8 Å². The fraction of sp³-hybridized carbons (Fsp3) is 0.222. The van der Waals surface area contributed by atoms with E-state index in [1.807, 2.05) is 40.9 Å². The van der Waals surface area contributed by atoms with E-state index in [4.69, 9.17) is 0 Å². The number of benzene rings is 1. The lowest BCUT2D eigenvalue weighted by Gasteiger charge is -2.19. The Balaban J connectivity index is 1.61. The molecule has 1 N–H and O–H groups in total. The van der Waals surface area contributed by atoms with Gasteiger partial charge in [0.1, 0.15) is 9.35 Å². The molecular formula is C18H16IN3O. The third-order valence-corrected chi connectivity index (χ3v) is 5.06. The van der Waals surface area contributed by atoms with Gasteiger partial charge in [-0.2, -0.15) is 0 Å². The number of pyridine rings is 1. The Morgan fingerprint density at radius 3 is 2.74 bits per heavy atom. The van der Waals surface area contributed by atoms with Crippen LogP contribution in [0.2, 0.25) is 0 Å². The number of imidazole rings is 1. The van der Waals surface area contributed by atoms with E-state index in [-0.39, 0.29) is 11.9 Å². The normalized spacial score (nSPS) is 15.5. The van der Waals surface area contributed by atoms with Crippen LogP contribution in [-0.4, -0.2) is 15.3 Å². The molecular weight excluding hydrogens is 401 g/mol. The number of hydrogen-bond acceptors (Lipinski definition) is 2.